The summed E-state index contributed by atoms with van der Waals surface area (Å²) in [4.78, 5) is 6.99. The molecule has 3 rings (SSSR count). The molecule has 0 bridgehead atoms. The monoisotopic (exact) mass is 367 g/mol. The summed E-state index contributed by atoms with van der Waals surface area (Å²) in [7, 11) is 0.149. The van der Waals surface area contributed by atoms with E-state index >= 15 is 0 Å². The van der Waals surface area contributed by atoms with Crippen LogP contribution in [0.2, 0.25) is 0 Å². The highest BCUT2D eigenvalue weighted by Crippen LogP contribution is 2.35. The van der Waals surface area contributed by atoms with Crippen molar-refractivity contribution in [3.8, 4) is 0 Å². The van der Waals surface area contributed by atoms with E-state index in [1.165, 1.54) is 25.7 Å². The largest absolute Gasteiger partial charge is 0.356 e. The zero-order valence-electron chi connectivity index (χ0n) is 15.1. The summed E-state index contributed by atoms with van der Waals surface area (Å²) >= 11 is 0. The Hall–Kier alpha value is -1.54. The smallest absolute Gasteiger partial charge is 0.242 e. The van der Waals surface area contributed by atoms with E-state index in [-0.39, 0.29) is 0 Å². The Morgan fingerprint density at radius 2 is 1.92 bits per heavy atom. The summed E-state index contributed by atoms with van der Waals surface area (Å²) in [5.41, 5.74) is 0. The van der Waals surface area contributed by atoms with Gasteiger partial charge in [-0.3, -0.25) is 4.99 Å². The highest BCUT2D eigenvalue weighted by atomic mass is 32.2. The number of hydrogen-bond donors (Lipinski definition) is 2. The molecule has 1 saturated heterocycles. The number of aryl methyl sites for hydroxylation is 1. The first-order valence-corrected chi connectivity index (χ1v) is 10.5. The van der Waals surface area contributed by atoms with Gasteiger partial charge in [0.25, 0.3) is 0 Å². The van der Waals surface area contributed by atoms with Crippen LogP contribution in [-0.4, -0.2) is 57.1 Å². The average Bonchev–Trinajstić information content (AvgIpc) is 3.21. The van der Waals surface area contributed by atoms with Gasteiger partial charge < -0.3 is 14.8 Å². The van der Waals surface area contributed by atoms with Crippen LogP contribution in [0, 0.1) is 11.8 Å². The Labute approximate surface area is 150 Å². The molecule has 2 fully saturated rings. The zero-order valence-corrected chi connectivity index (χ0v) is 15.9. The number of fused-ring (bicyclic) bond motifs is 1. The lowest BCUT2D eigenvalue weighted by Gasteiger charge is -2.22. The Bertz CT molecular complexity index is 698. The van der Waals surface area contributed by atoms with Gasteiger partial charge in [0.05, 0.1) is 4.90 Å². The van der Waals surface area contributed by atoms with Crippen molar-refractivity contribution >= 4 is 16.0 Å². The molecule has 7 nitrogen and oxygen atoms in total. The van der Waals surface area contributed by atoms with Crippen molar-refractivity contribution in [1.82, 2.24) is 19.5 Å². The first kappa shape index (κ1) is 18.3. The van der Waals surface area contributed by atoms with E-state index in [1.54, 1.807) is 37.1 Å². The van der Waals surface area contributed by atoms with Gasteiger partial charge in [-0.25, -0.2) is 13.1 Å². The summed E-state index contributed by atoms with van der Waals surface area (Å²) in [5.74, 6) is 2.47. The second kappa shape index (κ2) is 7.78. The summed E-state index contributed by atoms with van der Waals surface area (Å²) in [6.07, 6.45) is 8.68. The Morgan fingerprint density at radius 1 is 1.24 bits per heavy atom. The van der Waals surface area contributed by atoms with E-state index < -0.39 is 10.0 Å². The third-order valence-electron chi connectivity index (χ3n) is 5.30. The third-order valence-corrected chi connectivity index (χ3v) is 6.75. The summed E-state index contributed by atoms with van der Waals surface area (Å²) in [6.45, 7) is 2.99. The highest BCUT2D eigenvalue weighted by molar-refractivity contribution is 7.89. The maximum Gasteiger partial charge on any atom is 0.242 e. The summed E-state index contributed by atoms with van der Waals surface area (Å²) in [5, 5.41) is 3.29. The van der Waals surface area contributed by atoms with E-state index in [2.05, 4.69) is 19.9 Å². The van der Waals surface area contributed by atoms with E-state index in [1.807, 2.05) is 0 Å². The number of hydrogen-bond acceptors (Lipinski definition) is 3. The second-order valence-corrected chi connectivity index (χ2v) is 8.86. The Balaban J connectivity index is 1.46. The molecule has 2 heterocycles. The molecule has 2 N–H and O–H groups in total. The first-order valence-electron chi connectivity index (χ1n) is 9.07. The molecule has 2 aliphatic rings. The zero-order chi connectivity index (χ0) is 17.9. The van der Waals surface area contributed by atoms with Gasteiger partial charge >= 0.3 is 0 Å². The minimum absolute atomic E-state index is 0.294. The van der Waals surface area contributed by atoms with Crippen molar-refractivity contribution in [3.05, 3.63) is 18.5 Å². The maximum atomic E-state index is 12.2. The number of rotatable bonds is 5. The standard InChI is InChI=1S/C17H29N5O2S/c1-18-17(22-11-14-5-3-4-6-15(14)12-22)19-8-9-20-25(23,24)16-7-10-21(2)13-16/h7,10,13-15,20H,3-6,8-9,11-12H2,1-2H3,(H,18,19). The van der Waals surface area contributed by atoms with E-state index in [0.717, 1.165) is 30.9 Å². The molecule has 1 aliphatic heterocycles. The molecule has 0 amide bonds. The predicted molar refractivity (Wildman–Crippen MR) is 99.0 cm³/mol. The number of nitrogens with one attached hydrogen (secondary N) is 2. The van der Waals surface area contributed by atoms with Gasteiger partial charge in [0, 0.05) is 52.7 Å². The van der Waals surface area contributed by atoms with Gasteiger partial charge in [0.1, 0.15) is 0 Å². The predicted octanol–water partition coefficient (Wildman–Crippen LogP) is 1.00. The van der Waals surface area contributed by atoms with Crippen LogP contribution in [0.15, 0.2) is 28.3 Å². The summed E-state index contributed by atoms with van der Waals surface area (Å²) in [6, 6.07) is 1.60. The number of sulfonamides is 1. The minimum Gasteiger partial charge on any atom is -0.356 e. The topological polar surface area (TPSA) is 78.7 Å². The molecule has 0 radical (unpaired) electrons. The minimum atomic E-state index is -3.44. The summed E-state index contributed by atoms with van der Waals surface area (Å²) < 4.78 is 28.7. The van der Waals surface area contributed by atoms with Gasteiger partial charge in [0.2, 0.25) is 10.0 Å². The van der Waals surface area contributed by atoms with Gasteiger partial charge in [-0.15, -0.1) is 0 Å². The molecule has 1 aliphatic carbocycles. The second-order valence-electron chi connectivity index (χ2n) is 7.09. The van der Waals surface area contributed by atoms with Gasteiger partial charge in [-0.05, 0) is 30.7 Å². The molecular weight excluding hydrogens is 338 g/mol. The lowest BCUT2D eigenvalue weighted by molar-refractivity contribution is 0.299. The van der Waals surface area contributed by atoms with Gasteiger partial charge in [-0.1, -0.05) is 12.8 Å². The number of nitrogens with zero attached hydrogens (tertiary/aromatic N) is 3. The van der Waals surface area contributed by atoms with Gasteiger partial charge in [-0.2, -0.15) is 0 Å². The van der Waals surface area contributed by atoms with E-state index in [0.29, 0.717) is 18.0 Å². The molecular formula is C17H29N5O2S. The van der Waals surface area contributed by atoms with E-state index in [9.17, 15) is 8.42 Å². The number of likely N-dealkylation sites (tertiary alicyclic amines) is 1. The number of aromatic nitrogens is 1. The molecule has 140 valence electrons. The van der Waals surface area contributed by atoms with Crippen LogP contribution in [-0.2, 0) is 17.1 Å². The van der Waals surface area contributed by atoms with Crippen molar-refractivity contribution < 1.29 is 8.42 Å². The van der Waals surface area contributed by atoms with Crippen molar-refractivity contribution in [3.63, 3.8) is 0 Å². The number of guanidine groups is 1. The molecule has 1 saturated carbocycles. The molecule has 8 heteroatoms. The van der Waals surface area contributed by atoms with Crippen LogP contribution < -0.4 is 10.0 Å². The van der Waals surface area contributed by atoms with Crippen LogP contribution >= 0.6 is 0 Å². The molecule has 0 aromatic carbocycles. The molecule has 2 atom stereocenters. The van der Waals surface area contributed by atoms with E-state index in [4.69, 9.17) is 0 Å². The third kappa shape index (κ3) is 4.36. The van der Waals surface area contributed by atoms with Crippen LogP contribution in [0.3, 0.4) is 0 Å². The van der Waals surface area contributed by atoms with Crippen molar-refractivity contribution in [1.29, 1.82) is 0 Å². The maximum absolute atomic E-state index is 12.2. The first-order chi connectivity index (χ1) is 12.0. The van der Waals surface area contributed by atoms with Crippen LogP contribution in [0.1, 0.15) is 25.7 Å². The Morgan fingerprint density at radius 3 is 2.48 bits per heavy atom. The van der Waals surface area contributed by atoms with Crippen molar-refractivity contribution in [2.75, 3.05) is 33.2 Å². The fourth-order valence-electron chi connectivity index (χ4n) is 3.99. The molecule has 2 unspecified atom stereocenters. The lowest BCUT2D eigenvalue weighted by Crippen LogP contribution is -2.43. The fourth-order valence-corrected chi connectivity index (χ4v) is 5.07. The van der Waals surface area contributed by atoms with Gasteiger partial charge in [0.15, 0.2) is 5.96 Å². The molecule has 0 spiro atoms. The van der Waals surface area contributed by atoms with Crippen LogP contribution in [0.25, 0.3) is 0 Å². The molecule has 1 aromatic rings. The normalized spacial score (nSPS) is 24.4. The SMILES string of the molecule is CN=C(NCCNS(=O)(=O)c1ccn(C)c1)N1CC2CCCCC2C1. The number of aliphatic imine (C=N–C) groups is 1. The quantitative estimate of drug-likeness (QED) is 0.462. The van der Waals surface area contributed by atoms with Crippen LogP contribution in [0.5, 0.6) is 0 Å². The average molecular weight is 368 g/mol. The molecule has 1 aromatic heterocycles. The van der Waals surface area contributed by atoms with Crippen molar-refractivity contribution in [2.24, 2.45) is 23.9 Å². The van der Waals surface area contributed by atoms with Crippen molar-refractivity contribution in [2.45, 2.75) is 30.6 Å². The Kier molecular flexibility index (Phi) is 5.68. The fraction of sp³-hybridized carbons (Fsp3) is 0.706. The van der Waals surface area contributed by atoms with Crippen LogP contribution in [0.4, 0.5) is 0 Å². The highest BCUT2D eigenvalue weighted by Gasteiger charge is 2.35. The lowest BCUT2D eigenvalue weighted by atomic mass is 9.82. The molecule has 25 heavy (non-hydrogen) atoms.